The lowest BCUT2D eigenvalue weighted by Crippen LogP contribution is -2.45. The van der Waals surface area contributed by atoms with E-state index in [0.717, 1.165) is 56.7 Å². The first-order chi connectivity index (χ1) is 26.7. The van der Waals surface area contributed by atoms with Crippen LogP contribution in [-0.2, 0) is 43.2 Å². The van der Waals surface area contributed by atoms with Crippen LogP contribution < -0.4 is 10.6 Å². The predicted octanol–water partition coefficient (Wildman–Crippen LogP) is 8.82. The van der Waals surface area contributed by atoms with Gasteiger partial charge in [-0.3, -0.25) is 19.4 Å². The topological polar surface area (TPSA) is 112 Å². The first kappa shape index (κ1) is 42.5. The molecular formula is C47H62N4O5. The highest BCUT2D eigenvalue weighted by Gasteiger charge is 2.31. The standard InChI is InChI=1S/C47H62N4O5/c1-11-51-41-22-21-35-26-37(41)38(43(51)36-19-15-23-49-42(36)32(6)55-10)27-47(7,8)28-56-46(54)39(48-9)20-13-12-16-30(4)44(52)40(50-45(53)31(5)29(2)3)25-33-17-14-18-34(35)24-33/h14-15,17-19,21-24,26,29,31-32,39-40,48H,4,11-13,16,20,25,27-28H2,1-3,5-10H3,(H,50,53)/t31-,32-,39-,40-/m0/s1. The summed E-state index contributed by atoms with van der Waals surface area (Å²) < 4.78 is 14.2. The van der Waals surface area contributed by atoms with Crippen LogP contribution in [0.1, 0.15) is 97.1 Å². The number of aromatic nitrogens is 2. The fourth-order valence-corrected chi connectivity index (χ4v) is 7.73. The van der Waals surface area contributed by atoms with Crippen molar-refractivity contribution in [3.05, 3.63) is 89.8 Å². The summed E-state index contributed by atoms with van der Waals surface area (Å²) in [5.41, 5.74) is 8.28. The van der Waals surface area contributed by atoms with Crippen LogP contribution in [0.4, 0.5) is 0 Å². The van der Waals surface area contributed by atoms with E-state index in [2.05, 4.69) is 78.9 Å². The molecule has 9 nitrogen and oxygen atoms in total. The molecule has 0 radical (unpaired) electrons. The Hall–Kier alpha value is -4.60. The number of amides is 1. The van der Waals surface area contributed by atoms with Gasteiger partial charge in [0.05, 0.1) is 30.1 Å². The third-order valence-corrected chi connectivity index (χ3v) is 11.5. The van der Waals surface area contributed by atoms with Gasteiger partial charge in [0, 0.05) is 54.1 Å². The second-order valence-electron chi connectivity index (χ2n) is 16.6. The Morgan fingerprint density at radius 1 is 1.04 bits per heavy atom. The zero-order valence-electron chi connectivity index (χ0n) is 35.0. The van der Waals surface area contributed by atoms with E-state index < -0.39 is 17.5 Å². The molecule has 2 N–H and O–H groups in total. The average molecular weight is 763 g/mol. The van der Waals surface area contributed by atoms with E-state index in [9.17, 15) is 14.4 Å². The summed E-state index contributed by atoms with van der Waals surface area (Å²) in [6.07, 6.45) is 5.00. The molecule has 4 bridgehead atoms. The maximum absolute atomic E-state index is 14.0. The molecule has 0 aliphatic carbocycles. The number of nitrogens with one attached hydrogen (secondary N) is 2. The second-order valence-corrected chi connectivity index (χ2v) is 16.6. The van der Waals surface area contributed by atoms with E-state index in [1.165, 1.54) is 0 Å². The third-order valence-electron chi connectivity index (χ3n) is 11.5. The lowest BCUT2D eigenvalue weighted by molar-refractivity contribution is -0.149. The molecule has 0 spiro atoms. The Morgan fingerprint density at radius 2 is 1.79 bits per heavy atom. The van der Waals surface area contributed by atoms with Gasteiger partial charge in [0.2, 0.25) is 5.91 Å². The molecule has 300 valence electrons. The molecule has 1 aliphatic heterocycles. The van der Waals surface area contributed by atoms with Crippen molar-refractivity contribution in [1.82, 2.24) is 20.2 Å². The molecule has 5 rings (SSSR count). The number of likely N-dealkylation sites (N-methyl/N-ethyl adjacent to an activating group) is 1. The van der Waals surface area contributed by atoms with Gasteiger partial charge in [-0.15, -0.1) is 0 Å². The van der Waals surface area contributed by atoms with Crippen LogP contribution in [0, 0.1) is 17.3 Å². The Balaban J connectivity index is 1.69. The highest BCUT2D eigenvalue weighted by atomic mass is 16.5. The predicted molar refractivity (Wildman–Crippen MR) is 225 cm³/mol. The molecule has 1 aliphatic rings. The van der Waals surface area contributed by atoms with Crippen LogP contribution in [0.5, 0.6) is 0 Å². The van der Waals surface area contributed by atoms with Gasteiger partial charge in [-0.2, -0.15) is 0 Å². The molecule has 0 unspecified atom stereocenters. The van der Waals surface area contributed by atoms with Crippen LogP contribution in [-0.4, -0.2) is 60.1 Å². The number of ether oxygens (including phenoxy) is 2. The van der Waals surface area contributed by atoms with Gasteiger partial charge in [0.15, 0.2) is 5.78 Å². The van der Waals surface area contributed by atoms with Crippen molar-refractivity contribution in [2.45, 2.75) is 112 Å². The summed E-state index contributed by atoms with van der Waals surface area (Å²) in [4.78, 5) is 45.7. The minimum absolute atomic E-state index is 0.127. The maximum Gasteiger partial charge on any atom is 0.323 e. The number of carbonyl (C=O) groups is 3. The SMILES string of the molecule is C=C1CCCC[C@H](NC)C(=O)OCC(C)(C)Cc2c(-c3cccnc3[C@H](C)OC)n(CC)c3ccc(cc23)-c2cccc(c2)C[C@H](NC(=O)[C@@H](C)C(C)C)C1=O. The first-order valence-electron chi connectivity index (χ1n) is 20.3. The van der Waals surface area contributed by atoms with E-state index in [4.69, 9.17) is 14.5 Å². The number of nitrogens with zero attached hydrogens (tertiary/aromatic N) is 2. The molecule has 0 fully saturated rings. The van der Waals surface area contributed by atoms with Crippen LogP contribution in [0.15, 0.2) is 72.9 Å². The van der Waals surface area contributed by atoms with E-state index >= 15 is 0 Å². The number of methoxy groups -OCH3 is 1. The summed E-state index contributed by atoms with van der Waals surface area (Å²) in [5, 5.41) is 7.35. The van der Waals surface area contributed by atoms with Crippen molar-refractivity contribution in [2.24, 2.45) is 17.3 Å². The Labute approximate surface area is 333 Å². The summed E-state index contributed by atoms with van der Waals surface area (Å²) in [6, 6.07) is 17.7. The van der Waals surface area contributed by atoms with E-state index in [1.807, 2.05) is 52.1 Å². The van der Waals surface area contributed by atoms with E-state index in [-0.39, 0.29) is 42.2 Å². The Morgan fingerprint density at radius 3 is 2.48 bits per heavy atom. The van der Waals surface area contributed by atoms with E-state index in [1.54, 1.807) is 14.2 Å². The highest BCUT2D eigenvalue weighted by molar-refractivity contribution is 6.01. The quantitative estimate of drug-likeness (QED) is 0.136. The number of fused-ring (bicyclic) bond motifs is 4. The minimum atomic E-state index is -0.749. The number of cyclic esters (lactones) is 1. The van der Waals surface area contributed by atoms with Crippen LogP contribution in [0.3, 0.4) is 0 Å². The van der Waals surface area contributed by atoms with Gasteiger partial charge >= 0.3 is 5.97 Å². The van der Waals surface area contributed by atoms with Crippen LogP contribution in [0.25, 0.3) is 33.3 Å². The molecule has 0 saturated heterocycles. The molecule has 3 heterocycles. The summed E-state index contributed by atoms with van der Waals surface area (Å²) in [5.74, 6) is -0.713. The van der Waals surface area contributed by atoms with Crippen molar-refractivity contribution >= 4 is 28.6 Å². The molecular weight excluding hydrogens is 701 g/mol. The van der Waals surface area contributed by atoms with Crippen molar-refractivity contribution in [3.8, 4) is 22.4 Å². The zero-order valence-corrected chi connectivity index (χ0v) is 35.0. The molecule has 2 aromatic carbocycles. The lowest BCUT2D eigenvalue weighted by atomic mass is 9.84. The number of Topliss-reactive ketones (excluding diaryl/α,β-unsaturated/α-hetero) is 1. The number of rotatable bonds is 8. The summed E-state index contributed by atoms with van der Waals surface area (Å²) in [6.45, 7) is 19.5. The van der Waals surface area contributed by atoms with Crippen LogP contribution >= 0.6 is 0 Å². The van der Waals surface area contributed by atoms with Gasteiger partial charge in [0.25, 0.3) is 0 Å². The number of esters is 1. The number of aryl methyl sites for hydroxylation is 1. The maximum atomic E-state index is 14.0. The smallest absolute Gasteiger partial charge is 0.323 e. The third kappa shape index (κ3) is 9.67. The van der Waals surface area contributed by atoms with Gasteiger partial charge in [0.1, 0.15) is 6.04 Å². The molecule has 4 atom stereocenters. The van der Waals surface area contributed by atoms with Gasteiger partial charge in [-0.05, 0) is 105 Å². The molecule has 0 saturated carbocycles. The van der Waals surface area contributed by atoms with Crippen molar-refractivity contribution in [1.29, 1.82) is 0 Å². The Bertz CT molecular complexity index is 2050. The van der Waals surface area contributed by atoms with Crippen molar-refractivity contribution < 1.29 is 23.9 Å². The zero-order chi connectivity index (χ0) is 40.7. The number of carbonyl (C=O) groups excluding carboxylic acids is 3. The number of pyridine rings is 1. The molecule has 4 aromatic rings. The molecule has 1 amide bonds. The minimum Gasteiger partial charge on any atom is -0.464 e. The number of benzene rings is 2. The fraction of sp³-hybridized carbons (Fsp3) is 0.489. The Kier molecular flexibility index (Phi) is 14.1. The largest absolute Gasteiger partial charge is 0.464 e. The fourth-order valence-electron chi connectivity index (χ4n) is 7.73. The summed E-state index contributed by atoms with van der Waals surface area (Å²) >= 11 is 0. The second kappa shape index (κ2) is 18.6. The van der Waals surface area contributed by atoms with Crippen LogP contribution in [0.2, 0.25) is 0 Å². The number of ketones is 1. The summed E-state index contributed by atoms with van der Waals surface area (Å²) in [7, 11) is 3.48. The van der Waals surface area contributed by atoms with E-state index in [0.29, 0.717) is 44.1 Å². The normalized spacial score (nSPS) is 19.7. The molecule has 56 heavy (non-hydrogen) atoms. The number of hydrogen-bond donors (Lipinski definition) is 2. The molecule has 2 aromatic heterocycles. The monoisotopic (exact) mass is 762 g/mol. The van der Waals surface area contributed by atoms with Crippen molar-refractivity contribution in [3.63, 3.8) is 0 Å². The van der Waals surface area contributed by atoms with Crippen molar-refractivity contribution in [2.75, 3.05) is 20.8 Å². The lowest BCUT2D eigenvalue weighted by Gasteiger charge is -2.27. The first-order valence-corrected chi connectivity index (χ1v) is 20.3. The van der Waals surface area contributed by atoms with Gasteiger partial charge < -0.3 is 24.7 Å². The van der Waals surface area contributed by atoms with Gasteiger partial charge in [-0.1, -0.05) is 78.0 Å². The average Bonchev–Trinajstić information content (AvgIpc) is 3.49. The molecule has 9 heteroatoms. The van der Waals surface area contributed by atoms with Gasteiger partial charge in [-0.25, -0.2) is 0 Å². The number of hydrogen-bond acceptors (Lipinski definition) is 7. The highest BCUT2D eigenvalue weighted by Crippen LogP contribution is 2.42.